The third kappa shape index (κ3) is 4.66. The van der Waals surface area contributed by atoms with E-state index >= 15 is 0 Å². The van der Waals surface area contributed by atoms with Crippen molar-refractivity contribution in [2.75, 3.05) is 0 Å². The summed E-state index contributed by atoms with van der Waals surface area (Å²) in [7, 11) is 0. The predicted octanol–water partition coefficient (Wildman–Crippen LogP) is 9.15. The summed E-state index contributed by atoms with van der Waals surface area (Å²) in [5, 5.41) is 25.9. The Hall–Kier alpha value is -4.44. The number of nitrogens with zero attached hydrogens (tertiary/aromatic N) is 2. The van der Waals surface area contributed by atoms with Crippen LogP contribution in [0.25, 0.3) is 21.5 Å². The van der Waals surface area contributed by atoms with E-state index in [1.807, 2.05) is 60.7 Å². The molecule has 4 nitrogen and oxygen atoms in total. The first-order chi connectivity index (χ1) is 18.4. The monoisotopic (exact) mass is 500 g/mol. The number of aromatic hydroxyl groups is 2. The summed E-state index contributed by atoms with van der Waals surface area (Å²) in [6, 6.07) is 27.8. The van der Waals surface area contributed by atoms with Crippen molar-refractivity contribution in [3.63, 3.8) is 0 Å². The summed E-state index contributed by atoms with van der Waals surface area (Å²) < 4.78 is 0. The molecule has 0 saturated heterocycles. The molecule has 0 aliphatic rings. The SMILES string of the molecule is CC(C)c1cccc(C=Nc2c(N=Cc3cccc(C(C)C)c3O)c3ccccc3c3ccccc23)c1O. The Morgan fingerprint density at radius 2 is 0.868 bits per heavy atom. The second-order valence-corrected chi connectivity index (χ2v) is 10.2. The second kappa shape index (κ2) is 10.5. The highest BCUT2D eigenvalue weighted by Crippen LogP contribution is 2.44. The molecular formula is C34H32N2O2. The van der Waals surface area contributed by atoms with Crippen LogP contribution in [0.3, 0.4) is 0 Å². The van der Waals surface area contributed by atoms with Crippen molar-refractivity contribution in [2.24, 2.45) is 9.98 Å². The molecule has 0 saturated carbocycles. The molecule has 0 radical (unpaired) electrons. The lowest BCUT2D eigenvalue weighted by Crippen LogP contribution is -1.93. The van der Waals surface area contributed by atoms with Crippen molar-refractivity contribution in [3.8, 4) is 11.5 Å². The van der Waals surface area contributed by atoms with Gasteiger partial charge in [0.05, 0.1) is 11.4 Å². The molecule has 190 valence electrons. The molecule has 0 aromatic heterocycles. The first-order valence-corrected chi connectivity index (χ1v) is 13.0. The highest BCUT2D eigenvalue weighted by Gasteiger charge is 2.15. The Labute approximate surface area is 223 Å². The highest BCUT2D eigenvalue weighted by molar-refractivity contribution is 6.19. The average Bonchev–Trinajstić information content (AvgIpc) is 2.92. The third-order valence-electron chi connectivity index (χ3n) is 6.99. The Morgan fingerprint density at radius 3 is 1.24 bits per heavy atom. The molecule has 0 heterocycles. The average molecular weight is 501 g/mol. The smallest absolute Gasteiger partial charge is 0.127 e. The van der Waals surface area contributed by atoms with Crippen molar-refractivity contribution in [3.05, 3.63) is 107 Å². The predicted molar refractivity (Wildman–Crippen MR) is 160 cm³/mol. The minimum absolute atomic E-state index is 0.194. The largest absolute Gasteiger partial charge is 0.507 e. The molecule has 0 aliphatic heterocycles. The maximum atomic E-state index is 10.9. The first-order valence-electron chi connectivity index (χ1n) is 13.0. The Balaban J connectivity index is 1.74. The molecule has 4 heteroatoms. The molecule has 0 atom stereocenters. The van der Waals surface area contributed by atoms with E-state index in [0.717, 1.165) is 32.7 Å². The number of fused-ring (bicyclic) bond motifs is 3. The van der Waals surface area contributed by atoms with Crippen LogP contribution in [0.1, 0.15) is 61.8 Å². The maximum Gasteiger partial charge on any atom is 0.127 e. The summed E-state index contributed by atoms with van der Waals surface area (Å²) in [6.07, 6.45) is 3.43. The van der Waals surface area contributed by atoms with Crippen molar-refractivity contribution in [2.45, 2.75) is 39.5 Å². The maximum absolute atomic E-state index is 10.9. The van der Waals surface area contributed by atoms with E-state index in [-0.39, 0.29) is 23.3 Å². The van der Waals surface area contributed by atoms with Gasteiger partial charge in [-0.05, 0) is 45.9 Å². The summed E-state index contributed by atoms with van der Waals surface area (Å²) in [6.45, 7) is 8.24. The van der Waals surface area contributed by atoms with Gasteiger partial charge in [0, 0.05) is 34.3 Å². The van der Waals surface area contributed by atoms with Gasteiger partial charge in [-0.3, -0.25) is 9.98 Å². The zero-order valence-corrected chi connectivity index (χ0v) is 22.2. The number of phenols is 2. The molecule has 0 amide bonds. The van der Waals surface area contributed by atoms with Gasteiger partial charge in [-0.2, -0.15) is 0 Å². The van der Waals surface area contributed by atoms with Crippen molar-refractivity contribution < 1.29 is 10.2 Å². The number of rotatable bonds is 6. The Bertz CT molecular complexity index is 1570. The van der Waals surface area contributed by atoms with Crippen molar-refractivity contribution in [1.82, 2.24) is 0 Å². The van der Waals surface area contributed by atoms with Crippen LogP contribution in [0, 0.1) is 0 Å². The molecule has 38 heavy (non-hydrogen) atoms. The van der Waals surface area contributed by atoms with E-state index in [0.29, 0.717) is 22.5 Å². The van der Waals surface area contributed by atoms with Gasteiger partial charge in [0.15, 0.2) is 0 Å². The third-order valence-corrected chi connectivity index (χ3v) is 6.99. The van der Waals surface area contributed by atoms with Crippen LogP contribution in [0.5, 0.6) is 11.5 Å². The number of aliphatic imine (C=N–C) groups is 2. The van der Waals surface area contributed by atoms with Crippen molar-refractivity contribution in [1.29, 1.82) is 0 Å². The van der Waals surface area contributed by atoms with Gasteiger partial charge < -0.3 is 10.2 Å². The molecule has 0 fully saturated rings. The van der Waals surface area contributed by atoms with Gasteiger partial charge in [-0.25, -0.2) is 0 Å². The molecule has 0 unspecified atom stereocenters. The zero-order chi connectivity index (χ0) is 26.8. The molecule has 0 aliphatic carbocycles. The van der Waals surface area contributed by atoms with Gasteiger partial charge in [-0.15, -0.1) is 0 Å². The normalized spacial score (nSPS) is 12.2. The van der Waals surface area contributed by atoms with E-state index in [1.54, 1.807) is 12.4 Å². The van der Waals surface area contributed by atoms with E-state index in [9.17, 15) is 10.2 Å². The Morgan fingerprint density at radius 1 is 0.500 bits per heavy atom. The summed E-state index contributed by atoms with van der Waals surface area (Å²) in [5.41, 5.74) is 4.51. The van der Waals surface area contributed by atoms with Gasteiger partial charge in [0.1, 0.15) is 11.5 Å². The van der Waals surface area contributed by atoms with E-state index < -0.39 is 0 Å². The summed E-state index contributed by atoms with van der Waals surface area (Å²) in [4.78, 5) is 9.87. The lowest BCUT2D eigenvalue weighted by Gasteiger charge is -2.13. The fourth-order valence-corrected chi connectivity index (χ4v) is 4.93. The topological polar surface area (TPSA) is 65.2 Å². The van der Waals surface area contributed by atoms with Gasteiger partial charge in [0.2, 0.25) is 0 Å². The van der Waals surface area contributed by atoms with Gasteiger partial charge in [-0.1, -0.05) is 100 Å². The quantitative estimate of drug-likeness (QED) is 0.180. The molecule has 5 aromatic carbocycles. The van der Waals surface area contributed by atoms with Crippen LogP contribution >= 0.6 is 0 Å². The van der Waals surface area contributed by atoms with Gasteiger partial charge in [0.25, 0.3) is 0 Å². The number of hydrogen-bond donors (Lipinski definition) is 2. The number of benzene rings is 5. The van der Waals surface area contributed by atoms with Crippen LogP contribution in [0.2, 0.25) is 0 Å². The van der Waals surface area contributed by atoms with Crippen LogP contribution in [-0.2, 0) is 0 Å². The fraction of sp³-hybridized carbons (Fsp3) is 0.176. The molecule has 0 bridgehead atoms. The fourth-order valence-electron chi connectivity index (χ4n) is 4.93. The minimum Gasteiger partial charge on any atom is -0.507 e. The van der Waals surface area contributed by atoms with Gasteiger partial charge >= 0.3 is 0 Å². The van der Waals surface area contributed by atoms with Crippen LogP contribution in [0.4, 0.5) is 11.4 Å². The van der Waals surface area contributed by atoms with Crippen LogP contribution in [0.15, 0.2) is 94.9 Å². The molecule has 5 aromatic rings. The standard InChI is InChI=1S/C34H32N2O2/c1-21(2)25-17-9-11-23(33(25)37)19-35-31-29-15-7-5-13-27(29)28-14-6-8-16-30(28)32(31)36-20-24-12-10-18-26(22(3)4)34(24)38/h5-22,37-38H,1-4H3. The zero-order valence-electron chi connectivity index (χ0n) is 22.2. The highest BCUT2D eigenvalue weighted by atomic mass is 16.3. The summed E-state index contributed by atoms with van der Waals surface area (Å²) in [5.74, 6) is 0.882. The summed E-state index contributed by atoms with van der Waals surface area (Å²) >= 11 is 0. The Kier molecular flexibility index (Phi) is 6.97. The minimum atomic E-state index is 0.194. The number of para-hydroxylation sites is 2. The molecule has 5 rings (SSSR count). The van der Waals surface area contributed by atoms with E-state index in [4.69, 9.17) is 9.98 Å². The van der Waals surface area contributed by atoms with E-state index in [2.05, 4.69) is 52.0 Å². The van der Waals surface area contributed by atoms with E-state index in [1.165, 1.54) is 0 Å². The van der Waals surface area contributed by atoms with Crippen molar-refractivity contribution >= 4 is 45.3 Å². The van der Waals surface area contributed by atoms with Crippen LogP contribution < -0.4 is 0 Å². The second-order valence-electron chi connectivity index (χ2n) is 10.2. The number of hydrogen-bond acceptors (Lipinski definition) is 4. The molecule has 0 spiro atoms. The van der Waals surface area contributed by atoms with Crippen LogP contribution in [-0.4, -0.2) is 22.6 Å². The molecular weight excluding hydrogens is 468 g/mol. The molecule has 2 N–H and O–H groups in total. The lowest BCUT2D eigenvalue weighted by atomic mass is 9.97. The lowest BCUT2D eigenvalue weighted by molar-refractivity contribution is 0.463. The first kappa shape index (κ1) is 25.2. The number of phenolic OH excluding ortho intramolecular Hbond substituents is 2.